The lowest BCUT2D eigenvalue weighted by molar-refractivity contribution is -0.116. The summed E-state index contributed by atoms with van der Waals surface area (Å²) in [5.74, 6) is 0.882. The molecule has 0 saturated heterocycles. The van der Waals surface area contributed by atoms with Crippen LogP contribution in [0.4, 0.5) is 0 Å². The first-order valence-corrected chi connectivity index (χ1v) is 11.7. The van der Waals surface area contributed by atoms with Crippen LogP contribution in [0.5, 0.6) is 11.5 Å². The highest BCUT2D eigenvalue weighted by molar-refractivity contribution is 9.10. The molecule has 2 aliphatic rings. The van der Waals surface area contributed by atoms with Gasteiger partial charge in [-0.2, -0.15) is 5.26 Å². The third-order valence-electron chi connectivity index (χ3n) is 6.07. The summed E-state index contributed by atoms with van der Waals surface area (Å²) >= 11 is 9.59. The third-order valence-corrected chi connectivity index (χ3v) is 7.01. The Balaban J connectivity index is 1.76. The molecule has 1 aliphatic heterocycles. The summed E-state index contributed by atoms with van der Waals surface area (Å²) in [5, 5.41) is 10.6. The lowest BCUT2D eigenvalue weighted by atomic mass is 9.76. The molecule has 6 nitrogen and oxygen atoms in total. The molecule has 0 amide bonds. The Labute approximate surface area is 206 Å². The molecule has 0 aromatic heterocycles. The maximum atomic E-state index is 13.0. The Morgan fingerprint density at radius 3 is 2.64 bits per heavy atom. The molecule has 1 aliphatic carbocycles. The van der Waals surface area contributed by atoms with E-state index < -0.39 is 5.92 Å². The van der Waals surface area contributed by atoms with E-state index in [1.54, 1.807) is 25.1 Å². The monoisotopic (exact) mass is 527 g/mol. The first-order valence-electron chi connectivity index (χ1n) is 10.5. The zero-order valence-corrected chi connectivity index (χ0v) is 20.7. The van der Waals surface area contributed by atoms with Gasteiger partial charge in [-0.1, -0.05) is 39.7 Å². The van der Waals surface area contributed by atoms with Crippen LogP contribution in [-0.4, -0.2) is 24.8 Å². The SMILES string of the molecule is COc1cc([C@@H]2C(C#N)=C(N)N(C)C3=C2C(=O)CCC3)c(Br)cc1OCc1ccc(Cl)cc1. The first-order chi connectivity index (χ1) is 15.8. The van der Waals surface area contributed by atoms with Gasteiger partial charge in [0.2, 0.25) is 0 Å². The average molecular weight is 529 g/mol. The highest BCUT2D eigenvalue weighted by atomic mass is 79.9. The van der Waals surface area contributed by atoms with Crippen LogP contribution in [0.3, 0.4) is 0 Å². The van der Waals surface area contributed by atoms with Gasteiger partial charge in [-0.05, 0) is 48.2 Å². The van der Waals surface area contributed by atoms with Crippen LogP contribution >= 0.6 is 27.5 Å². The molecule has 0 saturated carbocycles. The molecule has 33 heavy (non-hydrogen) atoms. The number of benzene rings is 2. The van der Waals surface area contributed by atoms with E-state index in [1.165, 1.54) is 0 Å². The van der Waals surface area contributed by atoms with Gasteiger partial charge >= 0.3 is 0 Å². The largest absolute Gasteiger partial charge is 0.493 e. The quantitative estimate of drug-likeness (QED) is 0.557. The number of ketones is 1. The normalized spacial score (nSPS) is 18.2. The number of carbonyl (C=O) groups excluding carboxylic acids is 1. The molecule has 170 valence electrons. The van der Waals surface area contributed by atoms with E-state index in [4.69, 9.17) is 26.8 Å². The van der Waals surface area contributed by atoms with Crippen molar-refractivity contribution >= 4 is 33.3 Å². The zero-order chi connectivity index (χ0) is 23.7. The predicted molar refractivity (Wildman–Crippen MR) is 130 cm³/mol. The number of nitriles is 1. The van der Waals surface area contributed by atoms with Crippen molar-refractivity contribution in [3.63, 3.8) is 0 Å². The number of hydrogen-bond donors (Lipinski definition) is 1. The van der Waals surface area contributed by atoms with Crippen LogP contribution in [0.25, 0.3) is 0 Å². The van der Waals surface area contributed by atoms with Gasteiger partial charge in [-0.15, -0.1) is 0 Å². The van der Waals surface area contributed by atoms with Crippen LogP contribution in [0, 0.1) is 11.3 Å². The second-order valence-electron chi connectivity index (χ2n) is 7.98. The number of nitrogens with two attached hydrogens (primary N) is 1. The number of hydrogen-bond acceptors (Lipinski definition) is 6. The molecule has 4 rings (SSSR count). The van der Waals surface area contributed by atoms with Crippen LogP contribution in [0.1, 0.15) is 36.3 Å². The topological polar surface area (TPSA) is 88.6 Å². The van der Waals surface area contributed by atoms with Gasteiger partial charge in [-0.25, -0.2) is 0 Å². The lowest BCUT2D eigenvalue weighted by Crippen LogP contribution is -2.36. The summed E-state index contributed by atoms with van der Waals surface area (Å²) in [7, 11) is 3.36. The van der Waals surface area contributed by atoms with Crippen molar-refractivity contribution in [2.24, 2.45) is 5.73 Å². The van der Waals surface area contributed by atoms with Gasteiger partial charge in [0.05, 0.1) is 24.7 Å². The van der Waals surface area contributed by atoms with Crippen molar-refractivity contribution in [2.45, 2.75) is 31.8 Å². The number of ether oxygens (including phenoxy) is 2. The maximum Gasteiger partial charge on any atom is 0.162 e. The fraction of sp³-hybridized carbons (Fsp3) is 0.280. The number of Topliss-reactive ketones (excluding diaryl/α,β-unsaturated/α-hetero) is 1. The molecule has 2 N–H and O–H groups in total. The van der Waals surface area contributed by atoms with E-state index in [0.717, 1.165) is 29.7 Å². The van der Waals surface area contributed by atoms with E-state index in [1.807, 2.05) is 30.3 Å². The number of carbonyl (C=O) groups is 1. The average Bonchev–Trinajstić information content (AvgIpc) is 2.81. The van der Waals surface area contributed by atoms with E-state index in [0.29, 0.717) is 51.0 Å². The van der Waals surface area contributed by atoms with Crippen molar-refractivity contribution in [3.8, 4) is 17.6 Å². The molecule has 1 heterocycles. The van der Waals surface area contributed by atoms with Crippen LogP contribution in [0.15, 0.2) is 63.5 Å². The summed E-state index contributed by atoms with van der Waals surface area (Å²) in [4.78, 5) is 14.8. The zero-order valence-electron chi connectivity index (χ0n) is 18.3. The summed E-state index contributed by atoms with van der Waals surface area (Å²) in [5.41, 5.74) is 9.90. The Kier molecular flexibility index (Phi) is 6.68. The lowest BCUT2D eigenvalue weighted by Gasteiger charge is -2.38. The summed E-state index contributed by atoms with van der Waals surface area (Å²) in [6.45, 7) is 0.331. The standard InChI is InChI=1S/C25H23BrClN3O3/c1-30-19-4-3-5-20(31)24(19)23(17(12-28)25(30)29)16-10-21(32-2)22(11-18(16)26)33-13-14-6-8-15(27)9-7-14/h6-11,23H,3-5,13,29H2,1-2H3/t23-/m1/s1. The molecule has 2 aromatic carbocycles. The Morgan fingerprint density at radius 1 is 1.24 bits per heavy atom. The minimum absolute atomic E-state index is 0.0438. The molecule has 8 heteroatoms. The number of halogens is 2. The van der Waals surface area contributed by atoms with Crippen LogP contribution in [-0.2, 0) is 11.4 Å². The van der Waals surface area contributed by atoms with Gasteiger partial charge in [0.15, 0.2) is 17.3 Å². The number of nitrogens with zero attached hydrogens (tertiary/aromatic N) is 2. The smallest absolute Gasteiger partial charge is 0.162 e. The summed E-state index contributed by atoms with van der Waals surface area (Å²) in [6.07, 6.45) is 1.97. The molecular formula is C25H23BrClN3O3. The minimum atomic E-state index is -0.567. The van der Waals surface area contributed by atoms with Crippen molar-refractivity contribution in [3.05, 3.63) is 79.7 Å². The molecule has 0 bridgehead atoms. The van der Waals surface area contributed by atoms with Crippen molar-refractivity contribution in [2.75, 3.05) is 14.2 Å². The molecule has 1 atom stereocenters. The maximum absolute atomic E-state index is 13.0. The molecular weight excluding hydrogens is 506 g/mol. The molecule has 0 unspecified atom stereocenters. The van der Waals surface area contributed by atoms with Gasteiger partial charge in [0.25, 0.3) is 0 Å². The van der Waals surface area contributed by atoms with Crippen LogP contribution < -0.4 is 15.2 Å². The van der Waals surface area contributed by atoms with Gasteiger partial charge < -0.3 is 20.1 Å². The van der Waals surface area contributed by atoms with Crippen molar-refractivity contribution in [1.82, 2.24) is 4.90 Å². The van der Waals surface area contributed by atoms with E-state index in [2.05, 4.69) is 22.0 Å². The number of allylic oxidation sites excluding steroid dienone is 3. The molecule has 0 spiro atoms. The predicted octanol–water partition coefficient (Wildman–Crippen LogP) is 5.42. The van der Waals surface area contributed by atoms with Gasteiger partial charge in [0, 0.05) is 34.2 Å². The number of methoxy groups -OCH3 is 1. The molecule has 0 fully saturated rings. The van der Waals surface area contributed by atoms with E-state index >= 15 is 0 Å². The van der Waals surface area contributed by atoms with Gasteiger partial charge in [-0.3, -0.25) is 4.79 Å². The second kappa shape index (κ2) is 9.50. The second-order valence-corrected chi connectivity index (χ2v) is 9.27. The van der Waals surface area contributed by atoms with Gasteiger partial charge in [0.1, 0.15) is 12.4 Å². The highest BCUT2D eigenvalue weighted by Gasteiger charge is 2.39. The fourth-order valence-corrected chi connectivity index (χ4v) is 5.04. The Morgan fingerprint density at radius 2 is 1.97 bits per heavy atom. The molecule has 2 aromatic rings. The van der Waals surface area contributed by atoms with E-state index in [-0.39, 0.29) is 5.78 Å². The fourth-order valence-electron chi connectivity index (χ4n) is 4.36. The van der Waals surface area contributed by atoms with Crippen molar-refractivity contribution < 1.29 is 14.3 Å². The van der Waals surface area contributed by atoms with Crippen LogP contribution in [0.2, 0.25) is 5.02 Å². The highest BCUT2D eigenvalue weighted by Crippen LogP contribution is 2.48. The van der Waals surface area contributed by atoms with Crippen molar-refractivity contribution in [1.29, 1.82) is 5.26 Å². The Bertz CT molecular complexity index is 1210. The third kappa shape index (κ3) is 4.33. The number of rotatable bonds is 5. The summed E-state index contributed by atoms with van der Waals surface area (Å²) < 4.78 is 12.3. The van der Waals surface area contributed by atoms with E-state index in [9.17, 15) is 10.1 Å². The summed E-state index contributed by atoms with van der Waals surface area (Å²) in [6, 6.07) is 13.3. The first kappa shape index (κ1) is 23.2. The minimum Gasteiger partial charge on any atom is -0.493 e. The Hall–Kier alpha value is -2.95. The molecule has 0 radical (unpaired) electrons.